The highest BCUT2D eigenvalue weighted by Gasteiger charge is 2.29. The van der Waals surface area contributed by atoms with E-state index < -0.39 is 0 Å². The lowest BCUT2D eigenvalue weighted by atomic mass is 9.84. The topological polar surface area (TPSA) is 26.6 Å². The molecular weight excluding hydrogens is 813 g/mol. The molecule has 0 bridgehead atoms. The number of aromatic nitrogens is 4. The van der Waals surface area contributed by atoms with Crippen molar-refractivity contribution in [1.29, 1.82) is 0 Å². The number of hydrogen-bond donors (Lipinski definition) is 0. The molecule has 15 rings (SSSR count). The number of hydrogen-bond acceptors (Lipinski definition) is 1. The van der Waals surface area contributed by atoms with Crippen LogP contribution < -0.4 is 0 Å². The lowest BCUT2D eigenvalue weighted by molar-refractivity contribution is 0.591. The van der Waals surface area contributed by atoms with Gasteiger partial charge in [-0.1, -0.05) is 139 Å². The van der Waals surface area contributed by atoms with Gasteiger partial charge in [0.25, 0.3) is 0 Å². The molecule has 0 radical (unpaired) electrons. The van der Waals surface area contributed by atoms with Crippen LogP contribution in [-0.4, -0.2) is 18.4 Å². The Labute approximate surface area is 386 Å². The first kappa shape index (κ1) is 37.3. The van der Waals surface area contributed by atoms with E-state index in [1.807, 2.05) is 0 Å². The van der Waals surface area contributed by atoms with Gasteiger partial charge in [0.15, 0.2) is 0 Å². The summed E-state index contributed by atoms with van der Waals surface area (Å²) in [6.07, 6.45) is 0. The van der Waals surface area contributed by atoms with Crippen LogP contribution in [0.15, 0.2) is 170 Å². The van der Waals surface area contributed by atoms with Gasteiger partial charge in [-0.25, -0.2) is 4.98 Å². The number of fused-ring (bicyclic) bond motifs is 19. The maximum atomic E-state index is 5.96. The normalized spacial score (nSPS) is 13.2. The average molecular weight is 859 g/mol. The summed E-state index contributed by atoms with van der Waals surface area (Å²) in [6.45, 7) is 14.0. The Morgan fingerprint density at radius 3 is 1.72 bits per heavy atom. The SMILES string of the molecule is CC(C)(C)c1ccc2c(c1)c1c3ccccc3cc3c4nc5c(cc4n2c31)c1c2ccccc2cc2c3cc(C(C)(C)C)cc(-c4ccc6c(c4)c4ccccc4n6-c4ccccc4)c3n5c21. The summed E-state index contributed by atoms with van der Waals surface area (Å²) in [5.74, 6) is 0. The van der Waals surface area contributed by atoms with Gasteiger partial charge in [0.1, 0.15) is 5.65 Å². The molecule has 0 unspecified atom stereocenters. The van der Waals surface area contributed by atoms with E-state index in [9.17, 15) is 0 Å². The monoisotopic (exact) mass is 858 g/mol. The predicted molar refractivity (Wildman–Crippen MR) is 286 cm³/mol. The van der Waals surface area contributed by atoms with Crippen molar-refractivity contribution in [1.82, 2.24) is 18.4 Å². The number of benzene rings is 9. The first-order chi connectivity index (χ1) is 32.5. The number of rotatable bonds is 2. The van der Waals surface area contributed by atoms with Crippen molar-refractivity contribution >= 4 is 120 Å². The van der Waals surface area contributed by atoms with Crippen LogP contribution in [0.2, 0.25) is 0 Å². The zero-order chi connectivity index (χ0) is 44.8. The Balaban J connectivity index is 1.13. The molecule has 0 aliphatic heterocycles. The Kier molecular flexibility index (Phi) is 6.94. The molecule has 6 aromatic heterocycles. The number of para-hydroxylation sites is 2. The van der Waals surface area contributed by atoms with Crippen molar-refractivity contribution in [3.63, 3.8) is 0 Å². The van der Waals surface area contributed by atoms with Crippen molar-refractivity contribution in [2.45, 2.75) is 52.4 Å². The minimum Gasteiger partial charge on any atom is -0.309 e. The van der Waals surface area contributed by atoms with Gasteiger partial charge in [0, 0.05) is 59.7 Å². The zero-order valence-corrected chi connectivity index (χ0v) is 38.5. The maximum Gasteiger partial charge on any atom is 0.146 e. The molecule has 0 fully saturated rings. The summed E-state index contributed by atoms with van der Waals surface area (Å²) in [7, 11) is 0. The van der Waals surface area contributed by atoms with Gasteiger partial charge in [-0.15, -0.1) is 0 Å². The molecule has 67 heavy (non-hydrogen) atoms. The minimum absolute atomic E-state index is 0.0235. The molecule has 4 heteroatoms. The molecule has 0 saturated carbocycles. The fourth-order valence-electron chi connectivity index (χ4n) is 12.1. The van der Waals surface area contributed by atoms with Crippen LogP contribution in [0.25, 0.3) is 137 Å². The second kappa shape index (κ2) is 12.5. The quantitative estimate of drug-likeness (QED) is 0.170. The predicted octanol–water partition coefficient (Wildman–Crippen LogP) is 17.0. The fourth-order valence-corrected chi connectivity index (χ4v) is 12.1. The molecule has 0 aliphatic carbocycles. The Hall–Kier alpha value is -7.95. The number of pyridine rings is 1. The molecule has 318 valence electrons. The lowest BCUT2D eigenvalue weighted by Crippen LogP contribution is -2.11. The van der Waals surface area contributed by atoms with Gasteiger partial charge in [-0.2, -0.15) is 0 Å². The maximum absolute atomic E-state index is 5.96. The minimum atomic E-state index is -0.0864. The van der Waals surface area contributed by atoms with E-state index in [-0.39, 0.29) is 10.8 Å². The van der Waals surface area contributed by atoms with Gasteiger partial charge in [0.05, 0.1) is 44.1 Å². The Bertz CT molecular complexity index is 4620. The van der Waals surface area contributed by atoms with E-state index in [1.54, 1.807) is 0 Å². The third-order valence-corrected chi connectivity index (χ3v) is 15.3. The van der Waals surface area contributed by atoms with E-state index in [1.165, 1.54) is 125 Å². The highest BCUT2D eigenvalue weighted by Crippen LogP contribution is 2.50. The van der Waals surface area contributed by atoms with Crippen molar-refractivity contribution < 1.29 is 0 Å². The third kappa shape index (κ3) is 4.79. The second-order valence-corrected chi connectivity index (χ2v) is 21.2. The lowest BCUT2D eigenvalue weighted by Gasteiger charge is -2.21. The van der Waals surface area contributed by atoms with Crippen molar-refractivity contribution in [2.75, 3.05) is 0 Å². The summed E-state index contributed by atoms with van der Waals surface area (Å²) in [6, 6.07) is 64.0. The van der Waals surface area contributed by atoms with Crippen molar-refractivity contribution in [3.05, 3.63) is 181 Å². The summed E-state index contributed by atoms with van der Waals surface area (Å²) >= 11 is 0. The van der Waals surface area contributed by atoms with Crippen LogP contribution in [0, 0.1) is 0 Å². The van der Waals surface area contributed by atoms with Gasteiger partial charge in [-0.05, 0) is 122 Å². The zero-order valence-electron chi connectivity index (χ0n) is 38.5. The highest BCUT2D eigenvalue weighted by atomic mass is 15.0. The Morgan fingerprint density at radius 2 is 0.970 bits per heavy atom. The van der Waals surface area contributed by atoms with Gasteiger partial charge < -0.3 is 8.97 Å². The summed E-state index contributed by atoms with van der Waals surface area (Å²) < 4.78 is 7.48. The first-order valence-corrected chi connectivity index (χ1v) is 23.7. The molecule has 9 aromatic carbocycles. The van der Waals surface area contributed by atoms with Crippen LogP contribution in [0.4, 0.5) is 0 Å². The summed E-state index contributed by atoms with van der Waals surface area (Å²) in [4.78, 5) is 5.96. The van der Waals surface area contributed by atoms with Crippen molar-refractivity contribution in [3.8, 4) is 16.8 Å². The van der Waals surface area contributed by atoms with Crippen molar-refractivity contribution in [2.24, 2.45) is 0 Å². The third-order valence-electron chi connectivity index (χ3n) is 15.3. The standard InChI is InChI=1S/C63H46N4/c1-62(2,3)38-25-27-53-48(31-38)55-41-20-12-11-17-36(41)30-50-57-54(66(53)60(50)55)34-49-56-42-21-13-10-16-35(42)29-46-47-33-39(63(4,5)6)32-44(58(47)67(59(46)56)61(49)64-57)37-24-26-52-45(28-37)43-22-14-15-23-51(43)65(52)40-18-8-7-9-19-40/h7-34H,1-6H3. The van der Waals surface area contributed by atoms with Crippen LogP contribution in [0.1, 0.15) is 52.7 Å². The second-order valence-electron chi connectivity index (χ2n) is 21.2. The molecule has 0 amide bonds. The molecular formula is C63H46N4. The van der Waals surface area contributed by atoms with Gasteiger partial charge in [-0.3, -0.25) is 4.40 Å². The fraction of sp³-hybridized carbons (Fsp3) is 0.127. The van der Waals surface area contributed by atoms with E-state index in [2.05, 4.69) is 225 Å². The van der Waals surface area contributed by atoms with E-state index >= 15 is 0 Å². The van der Waals surface area contributed by atoms with Crippen LogP contribution in [0.5, 0.6) is 0 Å². The molecule has 0 atom stereocenters. The van der Waals surface area contributed by atoms with Crippen LogP contribution in [-0.2, 0) is 10.8 Å². The largest absolute Gasteiger partial charge is 0.309 e. The average Bonchev–Trinajstić information content (AvgIpc) is 4.12. The molecule has 6 heterocycles. The molecule has 0 N–H and O–H groups in total. The van der Waals surface area contributed by atoms with Gasteiger partial charge in [0.2, 0.25) is 0 Å². The van der Waals surface area contributed by atoms with Crippen LogP contribution in [0.3, 0.4) is 0 Å². The first-order valence-electron chi connectivity index (χ1n) is 23.7. The molecule has 0 saturated heterocycles. The van der Waals surface area contributed by atoms with E-state index in [4.69, 9.17) is 4.98 Å². The smallest absolute Gasteiger partial charge is 0.146 e. The summed E-state index contributed by atoms with van der Waals surface area (Å²) in [5, 5.41) is 16.3. The van der Waals surface area contributed by atoms with E-state index in [0.717, 1.165) is 22.4 Å². The van der Waals surface area contributed by atoms with Gasteiger partial charge >= 0.3 is 0 Å². The summed E-state index contributed by atoms with van der Waals surface area (Å²) in [5.41, 5.74) is 16.7. The molecule has 15 aromatic rings. The Morgan fingerprint density at radius 1 is 0.373 bits per heavy atom. The number of nitrogens with zero attached hydrogens (tertiary/aromatic N) is 4. The van der Waals surface area contributed by atoms with Crippen LogP contribution >= 0.6 is 0 Å². The molecule has 0 spiro atoms. The molecule has 4 nitrogen and oxygen atoms in total. The van der Waals surface area contributed by atoms with E-state index in [0.29, 0.717) is 0 Å². The highest BCUT2D eigenvalue weighted by molar-refractivity contribution is 6.35. The molecule has 0 aliphatic rings.